The molecule has 27 heavy (non-hydrogen) atoms. The molecule has 0 unspecified atom stereocenters. The van der Waals surface area contributed by atoms with Crippen LogP contribution in [-0.2, 0) is 4.79 Å². The van der Waals surface area contributed by atoms with E-state index in [1.807, 2.05) is 0 Å². The molecule has 140 valence electrons. The minimum atomic E-state index is -0.973. The van der Waals surface area contributed by atoms with E-state index in [1.165, 1.54) is 0 Å². The SMILES string of the molecule is NC(=O)COc1c(F)cc(SCCN2C(=O)c3ccccc3C2=O)cc1F. The van der Waals surface area contributed by atoms with Crippen molar-refractivity contribution in [1.82, 2.24) is 4.90 Å². The molecule has 9 heteroatoms. The van der Waals surface area contributed by atoms with E-state index < -0.39 is 29.9 Å². The van der Waals surface area contributed by atoms with Crippen LogP contribution >= 0.6 is 11.8 Å². The molecule has 2 aromatic rings. The number of imide groups is 1. The number of nitrogens with zero attached hydrogens (tertiary/aromatic N) is 1. The number of hydrogen-bond donors (Lipinski definition) is 1. The Morgan fingerprint density at radius 1 is 1.07 bits per heavy atom. The van der Waals surface area contributed by atoms with Crippen LogP contribution in [0.3, 0.4) is 0 Å². The van der Waals surface area contributed by atoms with Crippen molar-refractivity contribution in [2.24, 2.45) is 5.73 Å². The van der Waals surface area contributed by atoms with Crippen LogP contribution in [0.25, 0.3) is 0 Å². The molecule has 0 saturated heterocycles. The van der Waals surface area contributed by atoms with Crippen molar-refractivity contribution >= 4 is 29.5 Å². The van der Waals surface area contributed by atoms with Crippen LogP contribution in [0, 0.1) is 11.6 Å². The number of ether oxygens (including phenoxy) is 1. The Labute approximate surface area is 157 Å². The summed E-state index contributed by atoms with van der Waals surface area (Å²) in [6, 6.07) is 8.61. The fraction of sp³-hybridized carbons (Fsp3) is 0.167. The first-order chi connectivity index (χ1) is 12.9. The van der Waals surface area contributed by atoms with Crippen molar-refractivity contribution in [2.75, 3.05) is 18.9 Å². The van der Waals surface area contributed by atoms with E-state index in [4.69, 9.17) is 10.5 Å². The zero-order chi connectivity index (χ0) is 19.6. The van der Waals surface area contributed by atoms with Crippen molar-refractivity contribution < 1.29 is 27.9 Å². The number of fused-ring (bicyclic) bond motifs is 1. The zero-order valence-electron chi connectivity index (χ0n) is 13.9. The van der Waals surface area contributed by atoms with Crippen LogP contribution in [0.1, 0.15) is 20.7 Å². The monoisotopic (exact) mass is 392 g/mol. The minimum absolute atomic E-state index is 0.0974. The predicted octanol–water partition coefficient (Wildman–Crippen LogP) is 2.22. The lowest BCUT2D eigenvalue weighted by Crippen LogP contribution is -2.31. The lowest BCUT2D eigenvalue weighted by Gasteiger charge is -2.13. The van der Waals surface area contributed by atoms with Crippen LogP contribution in [0.15, 0.2) is 41.3 Å². The van der Waals surface area contributed by atoms with E-state index in [0.29, 0.717) is 11.1 Å². The average Bonchev–Trinajstić information content (AvgIpc) is 2.86. The van der Waals surface area contributed by atoms with Crippen LogP contribution in [0.4, 0.5) is 8.78 Å². The van der Waals surface area contributed by atoms with Gasteiger partial charge in [0.25, 0.3) is 17.7 Å². The fourth-order valence-corrected chi connectivity index (χ4v) is 3.48. The van der Waals surface area contributed by atoms with Gasteiger partial charge < -0.3 is 10.5 Å². The lowest BCUT2D eigenvalue weighted by molar-refractivity contribution is -0.120. The maximum atomic E-state index is 13.9. The quantitative estimate of drug-likeness (QED) is 0.576. The van der Waals surface area contributed by atoms with Gasteiger partial charge in [-0.05, 0) is 24.3 Å². The van der Waals surface area contributed by atoms with Crippen LogP contribution < -0.4 is 10.5 Å². The van der Waals surface area contributed by atoms with Crippen molar-refractivity contribution in [3.05, 3.63) is 59.2 Å². The van der Waals surface area contributed by atoms with Gasteiger partial charge in [-0.2, -0.15) is 0 Å². The molecular formula is C18H14F2N2O4S. The Bertz CT molecular complexity index is 877. The molecule has 1 heterocycles. The van der Waals surface area contributed by atoms with Gasteiger partial charge in [-0.1, -0.05) is 12.1 Å². The summed E-state index contributed by atoms with van der Waals surface area (Å²) < 4.78 is 32.6. The van der Waals surface area contributed by atoms with E-state index in [-0.39, 0.29) is 29.0 Å². The Hall–Kier alpha value is -2.94. The van der Waals surface area contributed by atoms with Crippen LogP contribution in [0.5, 0.6) is 5.75 Å². The topological polar surface area (TPSA) is 89.7 Å². The van der Waals surface area contributed by atoms with Gasteiger partial charge in [0.05, 0.1) is 11.1 Å². The second-order valence-electron chi connectivity index (χ2n) is 5.63. The minimum Gasteiger partial charge on any atom is -0.478 e. The van der Waals surface area contributed by atoms with E-state index in [0.717, 1.165) is 28.8 Å². The molecule has 0 aliphatic carbocycles. The Balaban J connectivity index is 1.62. The van der Waals surface area contributed by atoms with E-state index >= 15 is 0 Å². The van der Waals surface area contributed by atoms with Gasteiger partial charge in [-0.25, -0.2) is 8.78 Å². The van der Waals surface area contributed by atoms with Crippen molar-refractivity contribution in [3.8, 4) is 5.75 Å². The third kappa shape index (κ3) is 3.92. The molecule has 1 aliphatic heterocycles. The zero-order valence-corrected chi connectivity index (χ0v) is 14.7. The molecule has 3 amide bonds. The lowest BCUT2D eigenvalue weighted by atomic mass is 10.1. The summed E-state index contributed by atoms with van der Waals surface area (Å²) in [5.74, 6) is -4.00. The van der Waals surface area contributed by atoms with Gasteiger partial charge in [0, 0.05) is 17.2 Å². The molecule has 0 bridgehead atoms. The number of primary amides is 1. The largest absolute Gasteiger partial charge is 0.478 e. The highest BCUT2D eigenvalue weighted by Gasteiger charge is 2.34. The number of thioether (sulfide) groups is 1. The maximum absolute atomic E-state index is 13.9. The molecule has 0 spiro atoms. The summed E-state index contributed by atoms with van der Waals surface area (Å²) in [6.07, 6.45) is 0. The van der Waals surface area contributed by atoms with Gasteiger partial charge in [-0.15, -0.1) is 11.8 Å². The van der Waals surface area contributed by atoms with Gasteiger partial charge in [0.2, 0.25) is 0 Å². The van der Waals surface area contributed by atoms with Gasteiger partial charge in [0.1, 0.15) is 0 Å². The van der Waals surface area contributed by atoms with E-state index in [2.05, 4.69) is 0 Å². The van der Waals surface area contributed by atoms with Gasteiger partial charge in [0.15, 0.2) is 24.0 Å². The van der Waals surface area contributed by atoms with Crippen molar-refractivity contribution in [1.29, 1.82) is 0 Å². The first-order valence-electron chi connectivity index (χ1n) is 7.86. The molecule has 2 N–H and O–H groups in total. The fourth-order valence-electron chi connectivity index (χ4n) is 2.60. The second kappa shape index (κ2) is 7.75. The molecule has 3 rings (SSSR count). The van der Waals surface area contributed by atoms with Gasteiger partial charge in [-0.3, -0.25) is 19.3 Å². The maximum Gasteiger partial charge on any atom is 0.261 e. The highest BCUT2D eigenvalue weighted by Crippen LogP contribution is 2.29. The Morgan fingerprint density at radius 2 is 1.63 bits per heavy atom. The normalized spacial score (nSPS) is 13.0. The molecule has 6 nitrogen and oxygen atoms in total. The summed E-state index contributed by atoms with van der Waals surface area (Å²) in [6.45, 7) is -0.541. The number of amides is 3. The van der Waals surface area contributed by atoms with Crippen molar-refractivity contribution in [2.45, 2.75) is 4.90 Å². The molecular weight excluding hydrogens is 378 g/mol. The first-order valence-corrected chi connectivity index (χ1v) is 8.85. The highest BCUT2D eigenvalue weighted by molar-refractivity contribution is 7.99. The third-order valence-corrected chi connectivity index (χ3v) is 4.75. The van der Waals surface area contributed by atoms with E-state index in [9.17, 15) is 23.2 Å². The first kappa shape index (κ1) is 18.8. The number of halogens is 2. The smallest absolute Gasteiger partial charge is 0.261 e. The third-order valence-electron chi connectivity index (χ3n) is 3.79. The number of carbonyl (C=O) groups excluding carboxylic acids is 3. The van der Waals surface area contributed by atoms with Crippen LogP contribution in [-0.4, -0.2) is 41.5 Å². The molecule has 0 radical (unpaired) electrons. The van der Waals surface area contributed by atoms with Gasteiger partial charge >= 0.3 is 0 Å². The summed E-state index contributed by atoms with van der Waals surface area (Å²) >= 11 is 1.08. The summed E-state index contributed by atoms with van der Waals surface area (Å²) in [7, 11) is 0. The summed E-state index contributed by atoms with van der Waals surface area (Å²) in [5, 5.41) is 0. The molecule has 0 atom stereocenters. The molecule has 0 fully saturated rings. The molecule has 0 aromatic heterocycles. The average molecular weight is 392 g/mol. The number of nitrogens with two attached hydrogens (primary N) is 1. The predicted molar refractivity (Wildman–Crippen MR) is 93.6 cm³/mol. The standard InChI is InChI=1S/C18H14F2N2O4S/c19-13-7-10(8-14(20)16(13)26-9-15(21)23)27-6-5-22-17(24)11-3-1-2-4-12(11)18(22)25/h1-4,7-8H,5-6,9H2,(H2,21,23). The molecule has 1 aliphatic rings. The number of carbonyl (C=O) groups is 3. The second-order valence-corrected chi connectivity index (χ2v) is 6.80. The van der Waals surface area contributed by atoms with Crippen LogP contribution in [0.2, 0.25) is 0 Å². The molecule has 0 saturated carbocycles. The number of hydrogen-bond acceptors (Lipinski definition) is 5. The number of benzene rings is 2. The Morgan fingerprint density at radius 3 is 2.15 bits per heavy atom. The summed E-state index contributed by atoms with van der Waals surface area (Å²) in [4.78, 5) is 36.5. The number of rotatable bonds is 7. The van der Waals surface area contributed by atoms with Crippen molar-refractivity contribution in [3.63, 3.8) is 0 Å². The molecule has 2 aromatic carbocycles. The summed E-state index contributed by atoms with van der Waals surface area (Å²) in [5.41, 5.74) is 5.57. The highest BCUT2D eigenvalue weighted by atomic mass is 32.2. The van der Waals surface area contributed by atoms with E-state index in [1.54, 1.807) is 24.3 Å². The Kier molecular flexibility index (Phi) is 5.41.